The molecule has 0 radical (unpaired) electrons. The maximum Gasteiger partial charge on any atom is 0.0983 e. The van der Waals surface area contributed by atoms with Crippen LogP contribution in [0.3, 0.4) is 0 Å². The largest absolute Gasteiger partial charge is 0.393 e. The third-order valence-corrected chi connectivity index (χ3v) is 8.74. The zero-order valence-electron chi connectivity index (χ0n) is 14.3. The fourth-order valence-corrected chi connectivity index (χ4v) is 7.65. The number of fused-ring (bicyclic) bond motifs is 5. The van der Waals surface area contributed by atoms with Crippen LogP contribution in [0.1, 0.15) is 64.7 Å². The molecule has 23 heavy (non-hydrogen) atoms. The summed E-state index contributed by atoms with van der Waals surface area (Å²) in [5.41, 5.74) is 7.44. The first-order valence-electron chi connectivity index (χ1n) is 9.63. The van der Waals surface area contributed by atoms with Crippen LogP contribution >= 0.6 is 22.6 Å². The Balaban J connectivity index is 1.58. The van der Waals surface area contributed by atoms with E-state index in [0.29, 0.717) is 23.4 Å². The topological polar surface area (TPSA) is 55.5 Å². The average molecular weight is 433 g/mol. The number of hydrogen-bond donors (Lipinski definition) is 2. The quantitative estimate of drug-likeness (QED) is 0.514. The van der Waals surface area contributed by atoms with E-state index in [1.807, 2.05) is 0 Å². The van der Waals surface area contributed by atoms with Crippen molar-refractivity contribution in [1.82, 2.24) is 0 Å². The van der Waals surface area contributed by atoms with Crippen molar-refractivity contribution >= 4 is 22.6 Å². The molecule has 0 amide bonds. The highest BCUT2D eigenvalue weighted by Crippen LogP contribution is 2.63. The van der Waals surface area contributed by atoms with Gasteiger partial charge in [-0.3, -0.25) is 0 Å². The highest BCUT2D eigenvalue weighted by molar-refractivity contribution is 14.1. The number of halogens is 1. The summed E-state index contributed by atoms with van der Waals surface area (Å²) >= 11 is 2.35. The van der Waals surface area contributed by atoms with E-state index in [9.17, 15) is 5.11 Å². The molecule has 132 valence electrons. The predicted octanol–water partition coefficient (Wildman–Crippen LogP) is 3.86. The van der Waals surface area contributed by atoms with Gasteiger partial charge in [0.05, 0.1) is 16.8 Å². The van der Waals surface area contributed by atoms with Gasteiger partial charge in [-0.2, -0.15) is 0 Å². The minimum absolute atomic E-state index is 0.00564. The first kappa shape index (κ1) is 17.0. The number of aliphatic hydroxyl groups is 1. The van der Waals surface area contributed by atoms with Crippen molar-refractivity contribution < 1.29 is 9.84 Å². The minimum atomic E-state index is -0.102. The smallest absolute Gasteiger partial charge is 0.0983 e. The average Bonchev–Trinajstić information content (AvgIpc) is 2.85. The molecule has 3 nitrogen and oxygen atoms in total. The van der Waals surface area contributed by atoms with Crippen LogP contribution in [0.5, 0.6) is 0 Å². The lowest BCUT2D eigenvalue weighted by Gasteiger charge is -2.60. The monoisotopic (exact) mass is 433 g/mol. The SMILES string of the molecule is C[C@]12CCC3C(CCC4CC(O)CC[C@@]43N)C1CCC2OCI. The van der Waals surface area contributed by atoms with E-state index >= 15 is 0 Å². The molecule has 0 aromatic carbocycles. The Morgan fingerprint density at radius 2 is 1.91 bits per heavy atom. The summed E-state index contributed by atoms with van der Waals surface area (Å²) in [6, 6.07) is 0. The minimum Gasteiger partial charge on any atom is -0.393 e. The zero-order chi connectivity index (χ0) is 16.2. The third kappa shape index (κ3) is 2.53. The van der Waals surface area contributed by atoms with Crippen LogP contribution in [-0.4, -0.2) is 27.5 Å². The molecule has 3 N–H and O–H groups in total. The summed E-state index contributed by atoms with van der Waals surface area (Å²) in [5.74, 6) is 2.85. The standard InChI is InChI=1S/C19H32INO2/c1-18-8-7-16-14(15(18)4-5-17(18)23-11-20)3-2-12-10-13(22)6-9-19(12,16)21/h12-17,22H,2-11,21H2,1H3/t12?,13?,14?,15?,16?,17?,18-,19+/m0/s1. The van der Waals surface area contributed by atoms with Crippen molar-refractivity contribution in [3.63, 3.8) is 0 Å². The Hall–Kier alpha value is 0.610. The van der Waals surface area contributed by atoms with Crippen LogP contribution in [0.25, 0.3) is 0 Å². The predicted molar refractivity (Wildman–Crippen MR) is 100 cm³/mol. The van der Waals surface area contributed by atoms with Gasteiger partial charge in [0.1, 0.15) is 0 Å². The fourth-order valence-electron chi connectivity index (χ4n) is 7.21. The summed E-state index contributed by atoms with van der Waals surface area (Å²) < 4.78 is 6.94. The Bertz CT molecular complexity index is 461. The summed E-state index contributed by atoms with van der Waals surface area (Å²) in [6.45, 7) is 2.50. The highest BCUT2D eigenvalue weighted by Gasteiger charge is 2.60. The van der Waals surface area contributed by atoms with Gasteiger partial charge in [0.2, 0.25) is 0 Å². The van der Waals surface area contributed by atoms with Crippen LogP contribution in [0.2, 0.25) is 0 Å². The number of ether oxygens (including phenoxy) is 1. The molecule has 4 aliphatic rings. The van der Waals surface area contributed by atoms with Crippen molar-refractivity contribution in [2.45, 2.75) is 82.5 Å². The van der Waals surface area contributed by atoms with Crippen molar-refractivity contribution in [3.8, 4) is 0 Å². The molecule has 0 spiro atoms. The summed E-state index contributed by atoms with van der Waals surface area (Å²) in [4.78, 5) is 0. The second kappa shape index (κ2) is 6.10. The molecule has 8 atom stereocenters. The maximum atomic E-state index is 10.1. The van der Waals surface area contributed by atoms with Crippen LogP contribution in [0, 0.1) is 29.1 Å². The molecule has 4 fully saturated rings. The van der Waals surface area contributed by atoms with E-state index in [1.165, 1.54) is 38.5 Å². The summed E-state index contributed by atoms with van der Waals surface area (Å²) in [5, 5.41) is 10.1. The van der Waals surface area contributed by atoms with E-state index in [0.717, 1.165) is 35.7 Å². The van der Waals surface area contributed by atoms with E-state index < -0.39 is 0 Å². The number of nitrogens with two attached hydrogens (primary N) is 1. The molecule has 4 rings (SSSR count). The molecule has 0 aliphatic heterocycles. The molecular weight excluding hydrogens is 401 g/mol. The van der Waals surface area contributed by atoms with Gasteiger partial charge in [-0.05, 0) is 86.9 Å². The highest BCUT2D eigenvalue weighted by atomic mass is 127. The van der Waals surface area contributed by atoms with Gasteiger partial charge < -0.3 is 15.6 Å². The van der Waals surface area contributed by atoms with Gasteiger partial charge in [0, 0.05) is 5.54 Å². The zero-order valence-corrected chi connectivity index (χ0v) is 16.5. The maximum absolute atomic E-state index is 10.1. The van der Waals surface area contributed by atoms with Crippen molar-refractivity contribution in [2.75, 3.05) is 4.61 Å². The lowest BCUT2D eigenvalue weighted by atomic mass is 9.48. The molecule has 0 aromatic heterocycles. The molecule has 0 saturated heterocycles. The molecular formula is C19H32INO2. The Morgan fingerprint density at radius 3 is 2.70 bits per heavy atom. The lowest BCUT2D eigenvalue weighted by molar-refractivity contribution is -0.109. The Labute approximate surface area is 154 Å². The first-order chi connectivity index (χ1) is 11.0. The summed E-state index contributed by atoms with van der Waals surface area (Å²) in [6.07, 6.45) is 11.0. The molecule has 6 unspecified atom stereocenters. The second-order valence-electron chi connectivity index (χ2n) is 9.08. The normalized spacial score (nSPS) is 55.8. The van der Waals surface area contributed by atoms with E-state index in [2.05, 4.69) is 29.5 Å². The Kier molecular flexibility index (Phi) is 4.52. The van der Waals surface area contributed by atoms with E-state index in [-0.39, 0.29) is 11.6 Å². The van der Waals surface area contributed by atoms with Gasteiger partial charge in [-0.25, -0.2) is 0 Å². The van der Waals surface area contributed by atoms with Crippen molar-refractivity contribution in [1.29, 1.82) is 0 Å². The van der Waals surface area contributed by atoms with Gasteiger partial charge in [-0.1, -0.05) is 29.5 Å². The Morgan fingerprint density at radius 1 is 1.09 bits per heavy atom. The van der Waals surface area contributed by atoms with Gasteiger partial charge in [-0.15, -0.1) is 0 Å². The van der Waals surface area contributed by atoms with Crippen LogP contribution in [0.15, 0.2) is 0 Å². The van der Waals surface area contributed by atoms with Crippen molar-refractivity contribution in [3.05, 3.63) is 0 Å². The molecule has 4 heteroatoms. The van der Waals surface area contributed by atoms with Crippen LogP contribution in [0.4, 0.5) is 0 Å². The van der Waals surface area contributed by atoms with E-state index in [1.54, 1.807) is 0 Å². The number of aliphatic hydroxyl groups excluding tert-OH is 1. The second-order valence-corrected chi connectivity index (χ2v) is 9.70. The van der Waals surface area contributed by atoms with Gasteiger partial charge in [0.25, 0.3) is 0 Å². The molecule has 4 saturated carbocycles. The van der Waals surface area contributed by atoms with Gasteiger partial charge >= 0.3 is 0 Å². The van der Waals surface area contributed by atoms with Crippen LogP contribution < -0.4 is 5.73 Å². The number of hydrogen-bond acceptors (Lipinski definition) is 3. The van der Waals surface area contributed by atoms with Gasteiger partial charge in [0.15, 0.2) is 0 Å². The first-order valence-corrected chi connectivity index (χ1v) is 11.2. The van der Waals surface area contributed by atoms with Crippen molar-refractivity contribution in [2.24, 2.45) is 34.8 Å². The molecule has 0 heterocycles. The third-order valence-electron chi connectivity index (χ3n) is 8.38. The number of rotatable bonds is 2. The number of alkyl halides is 1. The lowest BCUT2D eigenvalue weighted by Crippen LogP contribution is -2.64. The molecule has 0 aromatic rings. The molecule has 4 aliphatic carbocycles. The van der Waals surface area contributed by atoms with Crippen LogP contribution in [-0.2, 0) is 4.74 Å². The summed E-state index contributed by atoms with van der Waals surface area (Å²) in [7, 11) is 0. The van der Waals surface area contributed by atoms with E-state index in [4.69, 9.17) is 10.5 Å². The fraction of sp³-hybridized carbons (Fsp3) is 1.00. The molecule has 0 bridgehead atoms.